The molecule has 2 unspecified atom stereocenters. The molecule has 0 saturated heterocycles. The Labute approximate surface area is 173 Å². The molecule has 4 rings (SSSR count). The molecule has 2 aromatic rings. The van der Waals surface area contributed by atoms with Gasteiger partial charge in [0.2, 0.25) is 5.91 Å². The molecule has 5 nitrogen and oxygen atoms in total. The van der Waals surface area contributed by atoms with Crippen LogP contribution in [0.25, 0.3) is 5.69 Å². The minimum Gasteiger partial charge on any atom is -0.353 e. The Morgan fingerprint density at radius 2 is 1.82 bits per heavy atom. The molecular weight excluding hydrogens is 372 g/mol. The predicted molar refractivity (Wildman–Crippen MR) is 114 cm³/mol. The summed E-state index contributed by atoms with van der Waals surface area (Å²) in [6.07, 6.45) is 6.15. The number of hydrogen-bond acceptors (Lipinski definition) is 3. The second-order valence-corrected chi connectivity index (χ2v) is 8.35. The van der Waals surface area contributed by atoms with E-state index in [1.807, 2.05) is 48.9 Å². The van der Waals surface area contributed by atoms with Crippen molar-refractivity contribution in [2.75, 3.05) is 0 Å². The number of nitrogens with one attached hydrogen (secondary N) is 1. The monoisotopic (exact) mass is 402 g/mol. The van der Waals surface area contributed by atoms with Crippen LogP contribution in [0.5, 0.6) is 0 Å². The highest BCUT2D eigenvalue weighted by Gasteiger charge is 2.39. The molecule has 28 heavy (non-hydrogen) atoms. The molecule has 2 aliphatic carbocycles. The van der Waals surface area contributed by atoms with E-state index in [0.29, 0.717) is 30.3 Å². The number of benzene rings is 1. The maximum atomic E-state index is 12.9. The van der Waals surface area contributed by atoms with Crippen LogP contribution in [0.4, 0.5) is 0 Å². The van der Waals surface area contributed by atoms with Crippen LogP contribution in [0, 0.1) is 25.7 Å². The molecule has 0 aliphatic heterocycles. The second-order valence-electron chi connectivity index (χ2n) is 8.35. The molecule has 152 valence electrons. The normalized spacial score (nSPS) is 26.4. The van der Waals surface area contributed by atoms with Crippen LogP contribution in [0.15, 0.2) is 30.3 Å². The van der Waals surface area contributed by atoms with Crippen molar-refractivity contribution < 1.29 is 4.79 Å². The van der Waals surface area contributed by atoms with Crippen LogP contribution in [0.3, 0.4) is 0 Å². The smallest absolute Gasteiger partial charge is 0.224 e. The number of hydrogen-bond donors (Lipinski definition) is 2. The van der Waals surface area contributed by atoms with Gasteiger partial charge >= 0.3 is 0 Å². The zero-order valence-electron chi connectivity index (χ0n) is 16.7. The van der Waals surface area contributed by atoms with Crippen LogP contribution < -0.4 is 11.1 Å². The van der Waals surface area contributed by atoms with Crippen LogP contribution in [-0.4, -0.2) is 27.8 Å². The van der Waals surface area contributed by atoms with Gasteiger partial charge in [-0.3, -0.25) is 4.79 Å². The lowest BCUT2D eigenvalue weighted by Crippen LogP contribution is -2.54. The van der Waals surface area contributed by atoms with Gasteiger partial charge in [0, 0.05) is 23.3 Å². The van der Waals surface area contributed by atoms with E-state index in [4.69, 9.17) is 5.73 Å². The van der Waals surface area contributed by atoms with Crippen molar-refractivity contribution in [3.8, 4) is 5.69 Å². The number of carbonyl (C=O) groups excluding carboxylic acids is 1. The molecule has 1 amide bonds. The Balaban J connectivity index is 0.00000225. The largest absolute Gasteiger partial charge is 0.353 e. The number of carbonyl (C=O) groups is 1. The molecule has 2 saturated carbocycles. The molecule has 2 aliphatic rings. The lowest BCUT2D eigenvalue weighted by atomic mass is 9.67. The summed E-state index contributed by atoms with van der Waals surface area (Å²) in [6, 6.07) is 10.7. The number of para-hydroxylation sites is 1. The van der Waals surface area contributed by atoms with E-state index >= 15 is 0 Å². The molecule has 1 aromatic heterocycles. The minimum absolute atomic E-state index is 0. The molecule has 3 N–H and O–H groups in total. The highest BCUT2D eigenvalue weighted by molar-refractivity contribution is 5.85. The van der Waals surface area contributed by atoms with Crippen molar-refractivity contribution in [3.05, 3.63) is 47.3 Å². The summed E-state index contributed by atoms with van der Waals surface area (Å²) < 4.78 is 1.94. The molecular formula is C22H31ClN4O. The first-order valence-electron chi connectivity index (χ1n) is 10.2. The molecule has 2 fully saturated rings. The van der Waals surface area contributed by atoms with Crippen LogP contribution in [-0.2, 0) is 11.2 Å². The van der Waals surface area contributed by atoms with E-state index < -0.39 is 0 Å². The first-order valence-corrected chi connectivity index (χ1v) is 10.2. The van der Waals surface area contributed by atoms with Gasteiger partial charge in [-0.05, 0) is 63.5 Å². The van der Waals surface area contributed by atoms with Gasteiger partial charge in [0.15, 0.2) is 0 Å². The molecule has 1 heterocycles. The van der Waals surface area contributed by atoms with E-state index in [-0.39, 0.29) is 18.3 Å². The molecule has 6 heteroatoms. The number of nitrogens with two attached hydrogens (primary N) is 1. The number of rotatable bonds is 4. The van der Waals surface area contributed by atoms with Crippen molar-refractivity contribution in [1.82, 2.24) is 15.1 Å². The highest BCUT2D eigenvalue weighted by atomic mass is 35.5. The molecule has 2 bridgehead atoms. The Morgan fingerprint density at radius 3 is 2.46 bits per heavy atom. The van der Waals surface area contributed by atoms with Gasteiger partial charge < -0.3 is 11.1 Å². The number of halogens is 1. The molecule has 2 atom stereocenters. The fraction of sp³-hybridized carbons (Fsp3) is 0.545. The lowest BCUT2D eigenvalue weighted by molar-refractivity contribution is -0.122. The number of aryl methyl sites for hydroxylation is 1. The van der Waals surface area contributed by atoms with Gasteiger partial charge in [-0.1, -0.05) is 24.6 Å². The lowest BCUT2D eigenvalue weighted by Gasteiger charge is -2.45. The van der Waals surface area contributed by atoms with E-state index in [1.165, 1.54) is 19.3 Å². The Morgan fingerprint density at radius 1 is 1.18 bits per heavy atom. The summed E-state index contributed by atoms with van der Waals surface area (Å²) in [5.74, 6) is 1.21. The third kappa shape index (κ3) is 4.11. The number of fused-ring (bicyclic) bond motifs is 2. The number of amides is 1. The van der Waals surface area contributed by atoms with Gasteiger partial charge in [0.1, 0.15) is 0 Å². The van der Waals surface area contributed by atoms with Crippen molar-refractivity contribution in [2.24, 2.45) is 17.6 Å². The maximum Gasteiger partial charge on any atom is 0.224 e. The zero-order chi connectivity index (χ0) is 19.0. The van der Waals surface area contributed by atoms with E-state index in [2.05, 4.69) is 10.4 Å². The van der Waals surface area contributed by atoms with Gasteiger partial charge in [-0.25, -0.2) is 4.68 Å². The SMILES string of the molecule is Cc1nn(-c2ccccc2)c(C)c1CC(=O)NC1C2CCCC1CC(N)C2.Cl. The zero-order valence-corrected chi connectivity index (χ0v) is 17.5. The van der Waals surface area contributed by atoms with Crippen LogP contribution >= 0.6 is 12.4 Å². The Hall–Kier alpha value is -1.85. The van der Waals surface area contributed by atoms with E-state index in [0.717, 1.165) is 35.5 Å². The Bertz CT molecular complexity index is 805. The van der Waals surface area contributed by atoms with Crippen molar-refractivity contribution in [2.45, 2.75) is 64.5 Å². The molecule has 0 spiro atoms. The van der Waals surface area contributed by atoms with Gasteiger partial charge in [0.25, 0.3) is 0 Å². The second kappa shape index (κ2) is 8.66. The first kappa shape index (κ1) is 20.9. The third-order valence-corrected chi connectivity index (χ3v) is 6.48. The highest BCUT2D eigenvalue weighted by Crippen LogP contribution is 2.39. The summed E-state index contributed by atoms with van der Waals surface area (Å²) in [5, 5.41) is 8.03. The number of nitrogens with zero attached hydrogens (tertiary/aromatic N) is 2. The van der Waals surface area contributed by atoms with Gasteiger partial charge in [0.05, 0.1) is 17.8 Å². The summed E-state index contributed by atoms with van der Waals surface area (Å²) in [4.78, 5) is 12.9. The fourth-order valence-corrected chi connectivity index (χ4v) is 5.17. The summed E-state index contributed by atoms with van der Waals surface area (Å²) in [6.45, 7) is 4.04. The summed E-state index contributed by atoms with van der Waals surface area (Å²) in [7, 11) is 0. The van der Waals surface area contributed by atoms with Crippen LogP contribution in [0.2, 0.25) is 0 Å². The fourth-order valence-electron chi connectivity index (χ4n) is 5.17. The quantitative estimate of drug-likeness (QED) is 0.822. The average molecular weight is 403 g/mol. The predicted octanol–water partition coefficient (Wildman–Crippen LogP) is 3.48. The van der Waals surface area contributed by atoms with Crippen molar-refractivity contribution >= 4 is 18.3 Å². The van der Waals surface area contributed by atoms with Crippen LogP contribution in [0.1, 0.15) is 49.1 Å². The Kier molecular flexibility index (Phi) is 6.46. The van der Waals surface area contributed by atoms with Crippen molar-refractivity contribution in [3.63, 3.8) is 0 Å². The molecule has 1 aromatic carbocycles. The number of aromatic nitrogens is 2. The van der Waals surface area contributed by atoms with Crippen molar-refractivity contribution in [1.29, 1.82) is 0 Å². The van der Waals surface area contributed by atoms with Gasteiger partial charge in [-0.15, -0.1) is 12.4 Å². The third-order valence-electron chi connectivity index (χ3n) is 6.48. The minimum atomic E-state index is 0. The summed E-state index contributed by atoms with van der Waals surface area (Å²) >= 11 is 0. The maximum absolute atomic E-state index is 12.9. The standard InChI is InChI=1S/C22H30N4O.ClH/c1-14-20(15(2)26(25-14)19-9-4-3-5-10-19)13-21(27)24-22-16-7-6-8-17(22)12-18(23)11-16;/h3-5,9-10,16-18,22H,6-8,11-13,23H2,1-2H3,(H,24,27);1H. The van der Waals surface area contributed by atoms with E-state index in [9.17, 15) is 4.79 Å². The molecule has 0 radical (unpaired) electrons. The summed E-state index contributed by atoms with van der Waals surface area (Å²) in [5.41, 5.74) is 10.2. The van der Waals surface area contributed by atoms with Gasteiger partial charge in [-0.2, -0.15) is 5.10 Å². The average Bonchev–Trinajstić information content (AvgIpc) is 2.91. The topological polar surface area (TPSA) is 72.9 Å². The first-order chi connectivity index (χ1) is 13.0. The van der Waals surface area contributed by atoms with E-state index in [1.54, 1.807) is 0 Å².